The van der Waals surface area contributed by atoms with Gasteiger partial charge in [0.25, 0.3) is 15.9 Å². The molecule has 1 amide bonds. The van der Waals surface area contributed by atoms with Crippen molar-refractivity contribution in [2.45, 2.75) is 43.4 Å². The molecule has 2 aromatic carbocycles. The van der Waals surface area contributed by atoms with Gasteiger partial charge in [-0.2, -0.15) is 0 Å². The maximum absolute atomic E-state index is 13.7. The lowest BCUT2D eigenvalue weighted by Gasteiger charge is -2.31. The summed E-state index contributed by atoms with van der Waals surface area (Å²) in [4.78, 5) is 15.0. The highest BCUT2D eigenvalue weighted by atomic mass is 32.2. The molecule has 0 radical (unpaired) electrons. The van der Waals surface area contributed by atoms with Gasteiger partial charge < -0.3 is 9.64 Å². The summed E-state index contributed by atoms with van der Waals surface area (Å²) in [5.41, 5.74) is 2.11. The van der Waals surface area contributed by atoms with Gasteiger partial charge >= 0.3 is 0 Å². The Hall–Kier alpha value is -2.54. The molecule has 0 atom stereocenters. The third-order valence-corrected chi connectivity index (χ3v) is 7.77. The fourth-order valence-corrected chi connectivity index (χ4v) is 6.06. The van der Waals surface area contributed by atoms with E-state index in [0.717, 1.165) is 44.1 Å². The first-order chi connectivity index (χ1) is 14.5. The molecule has 7 heteroatoms. The van der Waals surface area contributed by atoms with E-state index >= 15 is 0 Å². The molecule has 2 aliphatic rings. The van der Waals surface area contributed by atoms with Gasteiger partial charge in [-0.15, -0.1) is 0 Å². The summed E-state index contributed by atoms with van der Waals surface area (Å²) in [6.07, 6.45) is 5.83. The number of carbonyl (C=O) groups is 1. The number of hydrogen-bond donors (Lipinski definition) is 0. The van der Waals surface area contributed by atoms with Crippen LogP contribution in [0.15, 0.2) is 47.4 Å². The minimum atomic E-state index is -3.87. The lowest BCUT2D eigenvalue weighted by molar-refractivity contribution is 0.0761. The maximum atomic E-state index is 13.7. The van der Waals surface area contributed by atoms with E-state index in [2.05, 4.69) is 0 Å². The van der Waals surface area contributed by atoms with E-state index < -0.39 is 10.0 Å². The van der Waals surface area contributed by atoms with Crippen LogP contribution in [0.2, 0.25) is 0 Å². The summed E-state index contributed by atoms with van der Waals surface area (Å²) in [6.45, 7) is 1.84. The molecule has 0 bridgehead atoms. The van der Waals surface area contributed by atoms with Crippen LogP contribution in [0.25, 0.3) is 0 Å². The zero-order valence-corrected chi connectivity index (χ0v) is 18.2. The van der Waals surface area contributed by atoms with Gasteiger partial charge in [-0.3, -0.25) is 9.10 Å². The lowest BCUT2D eigenvalue weighted by Crippen LogP contribution is -2.36. The van der Waals surface area contributed by atoms with Crippen molar-refractivity contribution in [2.75, 3.05) is 31.0 Å². The number of anilines is 1. The molecular formula is C23H28N2O4S. The molecule has 0 aromatic heterocycles. The van der Waals surface area contributed by atoms with Crippen LogP contribution in [0.5, 0.6) is 5.75 Å². The molecular weight excluding hydrogens is 400 g/mol. The number of methoxy groups -OCH3 is 1. The zero-order valence-electron chi connectivity index (χ0n) is 17.3. The number of rotatable bonds is 4. The number of hydrogen-bond acceptors (Lipinski definition) is 4. The van der Waals surface area contributed by atoms with Crippen LogP contribution in [0, 0.1) is 0 Å². The average Bonchev–Trinajstić information content (AvgIpc) is 3.07. The highest BCUT2D eigenvalue weighted by molar-refractivity contribution is 7.93. The average molecular weight is 429 g/mol. The summed E-state index contributed by atoms with van der Waals surface area (Å²) in [5, 5.41) is 0. The van der Waals surface area contributed by atoms with Crippen molar-refractivity contribution in [3.05, 3.63) is 53.6 Å². The largest absolute Gasteiger partial charge is 0.495 e. The van der Waals surface area contributed by atoms with E-state index in [1.54, 1.807) is 12.1 Å². The standard InChI is InChI=1S/C23H28N2O4S/c1-29-21-13-12-19(23(26)24-14-6-2-3-7-15-24)17-22(21)30(27,28)25-16-8-10-18-9-4-5-11-20(18)25/h4-5,9,11-13,17H,2-3,6-8,10,14-16H2,1H3. The Balaban J connectivity index is 1.73. The molecule has 160 valence electrons. The zero-order chi connectivity index (χ0) is 21.1. The summed E-state index contributed by atoms with van der Waals surface area (Å²) in [7, 11) is -2.42. The molecule has 1 fully saturated rings. The number of ether oxygens (including phenoxy) is 1. The van der Waals surface area contributed by atoms with Crippen molar-refractivity contribution in [1.82, 2.24) is 4.90 Å². The highest BCUT2D eigenvalue weighted by Gasteiger charge is 2.32. The Labute approximate surface area is 178 Å². The number of sulfonamides is 1. The number of fused-ring (bicyclic) bond motifs is 1. The van der Waals surface area contributed by atoms with Crippen molar-refractivity contribution in [3.8, 4) is 5.75 Å². The first kappa shape index (κ1) is 20.7. The van der Waals surface area contributed by atoms with Crippen LogP contribution in [-0.2, 0) is 16.4 Å². The molecule has 0 unspecified atom stereocenters. The Morgan fingerprint density at radius 2 is 1.67 bits per heavy atom. The normalized spacial score (nSPS) is 17.2. The number of likely N-dealkylation sites (tertiary alicyclic amines) is 1. The number of benzene rings is 2. The molecule has 0 saturated carbocycles. The number of amides is 1. The van der Waals surface area contributed by atoms with E-state index in [9.17, 15) is 13.2 Å². The maximum Gasteiger partial charge on any atom is 0.268 e. The van der Waals surface area contributed by atoms with E-state index in [1.807, 2.05) is 29.2 Å². The van der Waals surface area contributed by atoms with E-state index in [4.69, 9.17) is 4.74 Å². The van der Waals surface area contributed by atoms with Crippen LogP contribution in [0.4, 0.5) is 5.69 Å². The molecule has 1 saturated heterocycles. The third kappa shape index (κ3) is 3.90. The van der Waals surface area contributed by atoms with Crippen molar-refractivity contribution < 1.29 is 17.9 Å². The first-order valence-electron chi connectivity index (χ1n) is 10.6. The Kier molecular flexibility index (Phi) is 5.99. The smallest absolute Gasteiger partial charge is 0.268 e. The van der Waals surface area contributed by atoms with Gasteiger partial charge in [0.2, 0.25) is 0 Å². The molecule has 0 aliphatic carbocycles. The molecule has 4 rings (SSSR count). The third-order valence-electron chi connectivity index (χ3n) is 5.94. The number of para-hydroxylation sites is 1. The van der Waals surface area contributed by atoms with Crippen molar-refractivity contribution in [3.63, 3.8) is 0 Å². The van der Waals surface area contributed by atoms with Gasteiger partial charge in [0.1, 0.15) is 10.6 Å². The molecule has 2 heterocycles. The van der Waals surface area contributed by atoms with Gasteiger partial charge in [0.05, 0.1) is 12.8 Å². The second-order valence-electron chi connectivity index (χ2n) is 7.88. The summed E-state index contributed by atoms with van der Waals surface area (Å²) in [5.74, 6) is 0.139. The number of nitrogens with zero attached hydrogens (tertiary/aromatic N) is 2. The fraction of sp³-hybridized carbons (Fsp3) is 0.435. The predicted octanol–water partition coefficient (Wildman–Crippen LogP) is 3.85. The van der Waals surface area contributed by atoms with Crippen LogP contribution < -0.4 is 9.04 Å². The van der Waals surface area contributed by atoms with Crippen molar-refractivity contribution in [1.29, 1.82) is 0 Å². The number of carbonyl (C=O) groups excluding carboxylic acids is 1. The SMILES string of the molecule is COc1ccc(C(=O)N2CCCCCC2)cc1S(=O)(=O)N1CCCc2ccccc21. The second-order valence-corrected chi connectivity index (χ2v) is 9.71. The molecule has 2 aliphatic heterocycles. The predicted molar refractivity (Wildman–Crippen MR) is 117 cm³/mol. The minimum Gasteiger partial charge on any atom is -0.495 e. The molecule has 6 nitrogen and oxygen atoms in total. The summed E-state index contributed by atoms with van der Waals surface area (Å²) >= 11 is 0. The lowest BCUT2D eigenvalue weighted by atomic mass is 10.0. The quantitative estimate of drug-likeness (QED) is 0.742. The van der Waals surface area contributed by atoms with E-state index in [1.165, 1.54) is 17.5 Å². The molecule has 0 N–H and O–H groups in total. The topological polar surface area (TPSA) is 66.9 Å². The number of aryl methyl sites for hydroxylation is 1. The van der Waals surface area contributed by atoms with E-state index in [0.29, 0.717) is 30.9 Å². The summed E-state index contributed by atoms with van der Waals surface area (Å²) in [6, 6.07) is 12.3. The Bertz CT molecular complexity index is 1030. The van der Waals surface area contributed by atoms with Crippen LogP contribution in [-0.4, -0.2) is 46.0 Å². The van der Waals surface area contributed by atoms with Crippen molar-refractivity contribution >= 4 is 21.6 Å². The first-order valence-corrected chi connectivity index (χ1v) is 12.0. The van der Waals surface area contributed by atoms with Gasteiger partial charge in [-0.25, -0.2) is 8.42 Å². The van der Waals surface area contributed by atoms with Gasteiger partial charge in [-0.1, -0.05) is 31.0 Å². The monoisotopic (exact) mass is 428 g/mol. The second kappa shape index (κ2) is 8.68. The Morgan fingerprint density at radius 3 is 2.40 bits per heavy atom. The van der Waals surface area contributed by atoms with Crippen LogP contribution in [0.1, 0.15) is 48.0 Å². The van der Waals surface area contributed by atoms with Crippen molar-refractivity contribution in [2.24, 2.45) is 0 Å². The van der Waals surface area contributed by atoms with Gasteiger partial charge in [-0.05, 0) is 55.5 Å². The highest BCUT2D eigenvalue weighted by Crippen LogP contribution is 2.35. The minimum absolute atomic E-state index is 0.0439. The van der Waals surface area contributed by atoms with Crippen LogP contribution in [0.3, 0.4) is 0 Å². The van der Waals surface area contributed by atoms with Crippen LogP contribution >= 0.6 is 0 Å². The van der Waals surface area contributed by atoms with E-state index in [-0.39, 0.29) is 16.6 Å². The molecule has 2 aromatic rings. The molecule has 30 heavy (non-hydrogen) atoms. The Morgan fingerprint density at radius 1 is 0.933 bits per heavy atom. The van der Waals surface area contributed by atoms with Gasteiger partial charge in [0.15, 0.2) is 0 Å². The molecule has 0 spiro atoms. The summed E-state index contributed by atoms with van der Waals surface area (Å²) < 4.78 is 34.1. The van der Waals surface area contributed by atoms with Gasteiger partial charge in [0, 0.05) is 25.2 Å². The fourth-order valence-electron chi connectivity index (χ4n) is 4.34.